The first-order chi connectivity index (χ1) is 11.5. The predicted molar refractivity (Wildman–Crippen MR) is 97.9 cm³/mol. The number of ether oxygens (including phenoxy) is 1. The number of carbonyl (C=O) groups is 1. The molecule has 3 nitrogen and oxygen atoms in total. The number of nitrogens with zero attached hydrogens (tertiary/aromatic N) is 1. The number of para-hydroxylation sites is 1. The summed E-state index contributed by atoms with van der Waals surface area (Å²) < 4.78 is 7.45. The second-order valence-corrected chi connectivity index (χ2v) is 6.23. The van der Waals surface area contributed by atoms with Gasteiger partial charge in [-0.2, -0.15) is 0 Å². The van der Waals surface area contributed by atoms with Gasteiger partial charge in [0.1, 0.15) is 0 Å². The van der Waals surface area contributed by atoms with Crippen molar-refractivity contribution in [3.8, 4) is 0 Å². The molecule has 0 saturated carbocycles. The lowest BCUT2D eigenvalue weighted by molar-refractivity contribution is 0.0527. The summed E-state index contributed by atoms with van der Waals surface area (Å²) in [4.78, 5) is 12.4. The fourth-order valence-corrected chi connectivity index (χ4v) is 3.37. The molecule has 0 N–H and O–H groups in total. The maximum absolute atomic E-state index is 12.4. The normalized spacial score (nSPS) is 12.3. The van der Waals surface area contributed by atoms with Crippen LogP contribution in [0.15, 0.2) is 48.5 Å². The van der Waals surface area contributed by atoms with Gasteiger partial charge in [-0.1, -0.05) is 41.9 Å². The van der Waals surface area contributed by atoms with Crippen LogP contribution in [0.2, 0.25) is 5.02 Å². The summed E-state index contributed by atoms with van der Waals surface area (Å²) in [7, 11) is 0. The van der Waals surface area contributed by atoms with E-state index in [9.17, 15) is 4.79 Å². The predicted octanol–water partition coefficient (Wildman–Crippen LogP) is 5.39. The third-order valence-corrected chi connectivity index (χ3v) is 4.63. The molecule has 0 amide bonds. The van der Waals surface area contributed by atoms with Gasteiger partial charge in [0.2, 0.25) is 0 Å². The van der Waals surface area contributed by atoms with E-state index in [2.05, 4.69) is 11.5 Å². The monoisotopic (exact) mass is 341 g/mol. The van der Waals surface area contributed by atoms with E-state index in [4.69, 9.17) is 16.3 Å². The van der Waals surface area contributed by atoms with Crippen LogP contribution in [-0.4, -0.2) is 17.1 Å². The molecule has 1 unspecified atom stereocenters. The van der Waals surface area contributed by atoms with Crippen LogP contribution < -0.4 is 0 Å². The van der Waals surface area contributed by atoms with Crippen LogP contribution in [-0.2, 0) is 4.74 Å². The number of hydrogen-bond acceptors (Lipinski definition) is 2. The first-order valence-electron chi connectivity index (χ1n) is 8.06. The van der Waals surface area contributed by atoms with Crippen molar-refractivity contribution in [3.63, 3.8) is 0 Å². The van der Waals surface area contributed by atoms with Crippen LogP contribution >= 0.6 is 11.6 Å². The molecule has 0 aliphatic carbocycles. The van der Waals surface area contributed by atoms with E-state index in [1.54, 1.807) is 0 Å². The van der Waals surface area contributed by atoms with Gasteiger partial charge in [0, 0.05) is 21.6 Å². The average Bonchev–Trinajstić information content (AvgIpc) is 2.87. The third kappa shape index (κ3) is 2.80. The Labute approximate surface area is 146 Å². The number of fused-ring (bicyclic) bond motifs is 1. The summed E-state index contributed by atoms with van der Waals surface area (Å²) in [5, 5.41) is 1.64. The number of esters is 1. The quantitative estimate of drug-likeness (QED) is 0.596. The molecule has 0 fully saturated rings. The summed E-state index contributed by atoms with van der Waals surface area (Å²) >= 11 is 6.00. The van der Waals surface area contributed by atoms with E-state index in [-0.39, 0.29) is 12.0 Å². The summed E-state index contributed by atoms with van der Waals surface area (Å²) in [6, 6.07) is 15.8. The van der Waals surface area contributed by atoms with Crippen molar-refractivity contribution < 1.29 is 9.53 Å². The summed E-state index contributed by atoms with van der Waals surface area (Å²) in [6.07, 6.45) is 0. The van der Waals surface area contributed by atoms with Crippen molar-refractivity contribution in [1.82, 2.24) is 4.57 Å². The molecule has 24 heavy (non-hydrogen) atoms. The van der Waals surface area contributed by atoms with Gasteiger partial charge in [0.05, 0.1) is 18.2 Å². The Hall–Kier alpha value is -2.26. The van der Waals surface area contributed by atoms with Crippen LogP contribution in [0, 0.1) is 6.92 Å². The molecule has 2 aromatic carbocycles. The van der Waals surface area contributed by atoms with Crippen molar-refractivity contribution in [2.75, 3.05) is 6.61 Å². The molecule has 1 heterocycles. The molecular formula is C20H20ClNO2. The number of hydrogen-bond donors (Lipinski definition) is 0. The molecule has 0 saturated heterocycles. The highest BCUT2D eigenvalue weighted by Gasteiger charge is 2.23. The van der Waals surface area contributed by atoms with E-state index in [1.807, 2.05) is 62.4 Å². The van der Waals surface area contributed by atoms with E-state index in [1.165, 1.54) is 0 Å². The topological polar surface area (TPSA) is 31.2 Å². The second-order valence-electron chi connectivity index (χ2n) is 5.80. The zero-order chi connectivity index (χ0) is 17.3. The highest BCUT2D eigenvalue weighted by atomic mass is 35.5. The smallest absolute Gasteiger partial charge is 0.340 e. The molecule has 1 atom stereocenters. The van der Waals surface area contributed by atoms with E-state index >= 15 is 0 Å². The standard InChI is InChI=1S/C20H20ClNO2/c1-4-24-20(23)19-14(3)22(18-8-6-5-7-17(18)19)13(2)15-9-11-16(21)12-10-15/h5-13H,4H2,1-3H3. The lowest BCUT2D eigenvalue weighted by atomic mass is 10.1. The highest BCUT2D eigenvalue weighted by molar-refractivity contribution is 6.30. The summed E-state index contributed by atoms with van der Waals surface area (Å²) in [5.41, 5.74) is 3.73. The van der Waals surface area contributed by atoms with Crippen LogP contribution in [0.1, 0.15) is 41.5 Å². The Balaban J connectivity index is 2.19. The highest BCUT2D eigenvalue weighted by Crippen LogP contribution is 2.32. The van der Waals surface area contributed by atoms with Crippen molar-refractivity contribution in [3.05, 3.63) is 70.4 Å². The third-order valence-electron chi connectivity index (χ3n) is 4.38. The minimum atomic E-state index is -0.270. The molecule has 1 aromatic heterocycles. The number of benzene rings is 2. The molecule has 0 bridgehead atoms. The zero-order valence-electron chi connectivity index (χ0n) is 14.0. The SMILES string of the molecule is CCOC(=O)c1c(C)n(C(C)c2ccc(Cl)cc2)c2ccccc12. The largest absolute Gasteiger partial charge is 0.462 e. The van der Waals surface area contributed by atoms with Gasteiger partial charge in [0.25, 0.3) is 0 Å². The first-order valence-corrected chi connectivity index (χ1v) is 8.44. The number of rotatable bonds is 4. The number of halogens is 1. The van der Waals surface area contributed by atoms with Crippen LogP contribution in [0.5, 0.6) is 0 Å². The molecule has 0 aliphatic rings. The van der Waals surface area contributed by atoms with Crippen molar-refractivity contribution in [2.24, 2.45) is 0 Å². The molecule has 124 valence electrons. The zero-order valence-corrected chi connectivity index (χ0v) is 14.8. The molecular weight excluding hydrogens is 322 g/mol. The Morgan fingerprint density at radius 1 is 1.17 bits per heavy atom. The van der Waals surface area contributed by atoms with Crippen LogP contribution in [0.3, 0.4) is 0 Å². The second kappa shape index (κ2) is 6.70. The van der Waals surface area contributed by atoms with Gasteiger partial charge < -0.3 is 9.30 Å². The van der Waals surface area contributed by atoms with E-state index in [0.29, 0.717) is 17.2 Å². The molecule has 4 heteroatoms. The maximum atomic E-state index is 12.4. The van der Waals surface area contributed by atoms with Crippen molar-refractivity contribution in [1.29, 1.82) is 0 Å². The van der Waals surface area contributed by atoms with Crippen LogP contribution in [0.4, 0.5) is 0 Å². The van der Waals surface area contributed by atoms with Crippen molar-refractivity contribution in [2.45, 2.75) is 26.8 Å². The summed E-state index contributed by atoms with van der Waals surface area (Å²) in [5.74, 6) is -0.270. The maximum Gasteiger partial charge on any atom is 0.340 e. The first kappa shape index (κ1) is 16.6. The van der Waals surface area contributed by atoms with Gasteiger partial charge >= 0.3 is 5.97 Å². The Kier molecular flexibility index (Phi) is 4.63. The molecule has 0 radical (unpaired) electrons. The van der Waals surface area contributed by atoms with E-state index < -0.39 is 0 Å². The molecule has 0 spiro atoms. The lowest BCUT2D eigenvalue weighted by Gasteiger charge is -2.18. The van der Waals surface area contributed by atoms with Gasteiger partial charge in [-0.05, 0) is 44.5 Å². The van der Waals surface area contributed by atoms with Gasteiger partial charge in [-0.3, -0.25) is 0 Å². The number of aromatic nitrogens is 1. The fourth-order valence-electron chi connectivity index (χ4n) is 3.24. The summed E-state index contributed by atoms with van der Waals surface area (Å²) in [6.45, 7) is 6.28. The lowest BCUT2D eigenvalue weighted by Crippen LogP contribution is -2.11. The van der Waals surface area contributed by atoms with E-state index in [0.717, 1.165) is 22.2 Å². The van der Waals surface area contributed by atoms with Gasteiger partial charge in [-0.15, -0.1) is 0 Å². The Morgan fingerprint density at radius 2 is 1.83 bits per heavy atom. The minimum absolute atomic E-state index is 0.0790. The minimum Gasteiger partial charge on any atom is -0.462 e. The molecule has 3 aromatic rings. The van der Waals surface area contributed by atoms with Gasteiger partial charge in [0.15, 0.2) is 0 Å². The number of carbonyl (C=O) groups excluding carboxylic acids is 1. The molecule has 3 rings (SSSR count). The Bertz CT molecular complexity index is 881. The van der Waals surface area contributed by atoms with Crippen LogP contribution in [0.25, 0.3) is 10.9 Å². The fraction of sp³-hybridized carbons (Fsp3) is 0.250. The average molecular weight is 342 g/mol. The van der Waals surface area contributed by atoms with Crippen molar-refractivity contribution >= 4 is 28.5 Å². The molecule has 0 aliphatic heterocycles. The van der Waals surface area contributed by atoms with Gasteiger partial charge in [-0.25, -0.2) is 4.79 Å². The Morgan fingerprint density at radius 3 is 2.50 bits per heavy atom.